The molecule has 0 N–H and O–H groups in total. The lowest BCUT2D eigenvalue weighted by Crippen LogP contribution is -2.33. The zero-order chi connectivity index (χ0) is 17.6. The van der Waals surface area contributed by atoms with Crippen molar-refractivity contribution in [3.63, 3.8) is 0 Å². The summed E-state index contributed by atoms with van der Waals surface area (Å²) in [4.78, 5) is 6.79. The van der Waals surface area contributed by atoms with Crippen LogP contribution < -0.4 is 4.74 Å². The first-order valence-corrected chi connectivity index (χ1v) is 9.36. The van der Waals surface area contributed by atoms with Gasteiger partial charge in [-0.2, -0.15) is 0 Å². The van der Waals surface area contributed by atoms with Gasteiger partial charge in [-0.25, -0.2) is 4.98 Å². The largest absolute Gasteiger partial charge is 0.481 e. The van der Waals surface area contributed by atoms with E-state index < -0.39 is 0 Å². The normalized spacial score (nSPS) is 28.4. The molecule has 1 saturated carbocycles. The summed E-state index contributed by atoms with van der Waals surface area (Å²) in [6.45, 7) is 4.40. The highest BCUT2D eigenvalue weighted by Gasteiger charge is 2.51. The molecule has 0 amide bonds. The highest BCUT2D eigenvalue weighted by atomic mass is 16.5. The molecular weight excluding hydrogens is 332 g/mol. The highest BCUT2D eigenvalue weighted by Crippen LogP contribution is 2.45. The number of fused-ring (bicyclic) bond motifs is 1. The minimum absolute atomic E-state index is 0.0722. The lowest BCUT2D eigenvalue weighted by molar-refractivity contribution is 0.122. The second-order valence-corrected chi connectivity index (χ2v) is 7.90. The second kappa shape index (κ2) is 6.32. The molecule has 2 saturated heterocycles. The van der Waals surface area contributed by atoms with Crippen molar-refractivity contribution in [2.75, 3.05) is 33.4 Å². The van der Waals surface area contributed by atoms with Crippen molar-refractivity contribution in [1.29, 1.82) is 0 Å². The van der Waals surface area contributed by atoms with E-state index in [1.54, 1.807) is 13.3 Å². The van der Waals surface area contributed by atoms with E-state index >= 15 is 0 Å². The number of hydrogen-bond donors (Lipinski definition) is 0. The number of nitrogens with zero attached hydrogens (tertiary/aromatic N) is 4. The molecular formula is C19H24N4O3. The van der Waals surface area contributed by atoms with E-state index in [-0.39, 0.29) is 5.41 Å². The molecule has 2 aliphatic heterocycles. The van der Waals surface area contributed by atoms with Crippen molar-refractivity contribution in [2.24, 2.45) is 11.3 Å². The minimum Gasteiger partial charge on any atom is -0.481 e. The number of likely N-dealkylation sites (tertiary alicyclic amines) is 1. The predicted octanol–water partition coefficient (Wildman–Crippen LogP) is 2.04. The Bertz CT molecular complexity index is 791. The summed E-state index contributed by atoms with van der Waals surface area (Å²) in [7, 11) is 1.67. The molecule has 1 aliphatic carbocycles. The van der Waals surface area contributed by atoms with Gasteiger partial charge >= 0.3 is 0 Å². The summed E-state index contributed by atoms with van der Waals surface area (Å²) in [6, 6.07) is 4.05. The van der Waals surface area contributed by atoms with Crippen LogP contribution in [0.1, 0.15) is 36.1 Å². The molecule has 2 aromatic rings. The lowest BCUT2D eigenvalue weighted by atomic mass is 9.78. The summed E-state index contributed by atoms with van der Waals surface area (Å²) >= 11 is 0. The molecule has 138 valence electrons. The summed E-state index contributed by atoms with van der Waals surface area (Å²) < 4.78 is 17.2. The third-order valence-corrected chi connectivity index (χ3v) is 5.94. The Labute approximate surface area is 152 Å². The molecule has 0 spiro atoms. The highest BCUT2D eigenvalue weighted by molar-refractivity contribution is 5.25. The van der Waals surface area contributed by atoms with Crippen LogP contribution in [-0.2, 0) is 17.7 Å². The Morgan fingerprint density at radius 2 is 2.27 bits per heavy atom. The molecule has 2 atom stereocenters. The zero-order valence-corrected chi connectivity index (χ0v) is 15.1. The second-order valence-electron chi connectivity index (χ2n) is 7.90. The van der Waals surface area contributed by atoms with Crippen LogP contribution in [0, 0.1) is 11.3 Å². The standard InChI is InChI=1S/C19H24N4O3/c1-24-17-14(3-2-6-20-17)8-23-9-15-10-25-12-19(15,11-23)7-16-21-22-18(26-16)13-4-5-13/h2-3,6,13,15H,4-5,7-12H2,1H3/t15-,19+/m0/s1. The number of hydrogen-bond acceptors (Lipinski definition) is 7. The Hall–Kier alpha value is -1.99. The van der Waals surface area contributed by atoms with E-state index in [1.165, 1.54) is 12.8 Å². The molecule has 3 aliphatic rings. The lowest BCUT2D eigenvalue weighted by Gasteiger charge is -2.25. The van der Waals surface area contributed by atoms with E-state index in [4.69, 9.17) is 13.9 Å². The fraction of sp³-hybridized carbons (Fsp3) is 0.632. The molecule has 7 heteroatoms. The Kier molecular flexibility index (Phi) is 3.94. The van der Waals surface area contributed by atoms with Crippen LogP contribution in [0.2, 0.25) is 0 Å². The molecule has 26 heavy (non-hydrogen) atoms. The van der Waals surface area contributed by atoms with Crippen LogP contribution in [0.5, 0.6) is 5.88 Å². The van der Waals surface area contributed by atoms with Crippen LogP contribution in [0.25, 0.3) is 0 Å². The van der Waals surface area contributed by atoms with Gasteiger partial charge in [0.15, 0.2) is 0 Å². The fourth-order valence-electron chi connectivity index (χ4n) is 4.42. The number of methoxy groups -OCH3 is 1. The third kappa shape index (κ3) is 2.89. The average molecular weight is 356 g/mol. The average Bonchev–Trinajstić information content (AvgIpc) is 3.15. The van der Waals surface area contributed by atoms with Crippen LogP contribution in [0.15, 0.2) is 22.7 Å². The summed E-state index contributed by atoms with van der Waals surface area (Å²) in [5.41, 5.74) is 1.20. The fourth-order valence-corrected chi connectivity index (χ4v) is 4.42. The van der Waals surface area contributed by atoms with Gasteiger partial charge in [-0.15, -0.1) is 10.2 Å². The molecule has 5 rings (SSSR count). The van der Waals surface area contributed by atoms with Crippen molar-refractivity contribution < 1.29 is 13.9 Å². The maximum atomic E-state index is 5.94. The van der Waals surface area contributed by atoms with Gasteiger partial charge in [0.2, 0.25) is 17.7 Å². The van der Waals surface area contributed by atoms with Crippen molar-refractivity contribution in [1.82, 2.24) is 20.1 Å². The predicted molar refractivity (Wildman–Crippen MR) is 92.8 cm³/mol. The van der Waals surface area contributed by atoms with Crippen LogP contribution in [-0.4, -0.2) is 53.5 Å². The monoisotopic (exact) mass is 356 g/mol. The van der Waals surface area contributed by atoms with E-state index in [2.05, 4.69) is 26.1 Å². The molecule has 0 bridgehead atoms. The third-order valence-electron chi connectivity index (χ3n) is 5.94. The van der Waals surface area contributed by atoms with Gasteiger partial charge in [0.25, 0.3) is 0 Å². The molecule has 4 heterocycles. The summed E-state index contributed by atoms with van der Waals surface area (Å²) in [6.07, 6.45) is 4.93. The van der Waals surface area contributed by atoms with Crippen molar-refractivity contribution >= 4 is 0 Å². The maximum Gasteiger partial charge on any atom is 0.219 e. The number of rotatable bonds is 6. The SMILES string of the molecule is COc1ncccc1CN1C[C@H]2COC[C@@]2(Cc2nnc(C3CC3)o2)C1. The van der Waals surface area contributed by atoms with E-state index in [1.807, 2.05) is 6.07 Å². The molecule has 7 nitrogen and oxygen atoms in total. The van der Waals surface area contributed by atoms with Crippen molar-refractivity contribution in [3.05, 3.63) is 35.7 Å². The molecule has 2 aromatic heterocycles. The topological polar surface area (TPSA) is 73.5 Å². The van der Waals surface area contributed by atoms with Crippen LogP contribution in [0.3, 0.4) is 0 Å². The summed E-state index contributed by atoms with van der Waals surface area (Å²) in [5.74, 6) is 3.30. The van der Waals surface area contributed by atoms with E-state index in [0.717, 1.165) is 56.6 Å². The van der Waals surface area contributed by atoms with Crippen LogP contribution >= 0.6 is 0 Å². The Morgan fingerprint density at radius 3 is 3.12 bits per heavy atom. The van der Waals surface area contributed by atoms with Gasteiger partial charge < -0.3 is 13.9 Å². The zero-order valence-electron chi connectivity index (χ0n) is 15.1. The summed E-state index contributed by atoms with van der Waals surface area (Å²) in [5, 5.41) is 8.56. The molecule has 3 fully saturated rings. The number of pyridine rings is 1. The number of aromatic nitrogens is 3. The Morgan fingerprint density at radius 1 is 1.35 bits per heavy atom. The van der Waals surface area contributed by atoms with Gasteiger partial charge in [0.1, 0.15) is 0 Å². The van der Waals surface area contributed by atoms with Crippen molar-refractivity contribution in [3.8, 4) is 5.88 Å². The number of ether oxygens (including phenoxy) is 2. The van der Waals surface area contributed by atoms with Gasteiger partial charge in [0, 0.05) is 55.1 Å². The van der Waals surface area contributed by atoms with E-state index in [0.29, 0.717) is 17.7 Å². The van der Waals surface area contributed by atoms with Gasteiger partial charge in [-0.1, -0.05) is 6.07 Å². The first-order valence-electron chi connectivity index (χ1n) is 9.36. The van der Waals surface area contributed by atoms with E-state index in [9.17, 15) is 0 Å². The first kappa shape index (κ1) is 16.2. The minimum atomic E-state index is 0.0722. The molecule has 0 aromatic carbocycles. The smallest absolute Gasteiger partial charge is 0.219 e. The molecule has 0 unspecified atom stereocenters. The maximum absolute atomic E-state index is 5.94. The quantitative estimate of drug-likeness (QED) is 0.784. The van der Waals surface area contributed by atoms with Crippen LogP contribution in [0.4, 0.5) is 0 Å². The first-order chi connectivity index (χ1) is 12.8. The molecule has 0 radical (unpaired) electrons. The Balaban J connectivity index is 1.31. The van der Waals surface area contributed by atoms with Gasteiger partial charge in [0.05, 0.1) is 20.3 Å². The van der Waals surface area contributed by atoms with Crippen molar-refractivity contribution in [2.45, 2.75) is 31.7 Å². The van der Waals surface area contributed by atoms with Gasteiger partial charge in [-0.3, -0.25) is 4.90 Å². The van der Waals surface area contributed by atoms with Gasteiger partial charge in [-0.05, 0) is 18.9 Å².